The van der Waals surface area contributed by atoms with Crippen molar-refractivity contribution in [2.24, 2.45) is 0 Å². The van der Waals surface area contributed by atoms with Gasteiger partial charge in [-0.1, -0.05) is 35.5 Å². The Kier molecular flexibility index (Phi) is 4.40. The maximum atomic E-state index is 5.85. The highest BCUT2D eigenvalue weighted by atomic mass is 16.5. The van der Waals surface area contributed by atoms with Crippen LogP contribution in [0.25, 0.3) is 11.3 Å². The summed E-state index contributed by atoms with van der Waals surface area (Å²) < 4.78 is 13.3. The first-order chi connectivity index (χ1) is 11.9. The van der Waals surface area contributed by atoms with E-state index in [1.807, 2.05) is 53.3 Å². The van der Waals surface area contributed by atoms with Crippen molar-refractivity contribution in [1.82, 2.24) is 19.8 Å². The van der Waals surface area contributed by atoms with Gasteiger partial charge in [0.1, 0.15) is 5.69 Å². The number of benzene rings is 1. The Morgan fingerprint density at radius 1 is 1.17 bits per heavy atom. The van der Waals surface area contributed by atoms with Gasteiger partial charge in [0.25, 0.3) is 0 Å². The summed E-state index contributed by atoms with van der Waals surface area (Å²) in [7, 11) is 0. The number of hydrogen-bond donors (Lipinski definition) is 0. The zero-order valence-electron chi connectivity index (χ0n) is 13.4. The highest BCUT2D eigenvalue weighted by Crippen LogP contribution is 2.20. The highest BCUT2D eigenvalue weighted by Gasteiger charge is 2.22. The maximum Gasteiger partial charge on any atom is 0.151 e. The molecular formula is C18H20N4O2. The third kappa shape index (κ3) is 3.55. The largest absolute Gasteiger partial charge is 0.374 e. The van der Waals surface area contributed by atoms with E-state index in [0.717, 1.165) is 49.8 Å². The smallest absolute Gasteiger partial charge is 0.151 e. The van der Waals surface area contributed by atoms with Gasteiger partial charge in [0.2, 0.25) is 0 Å². The molecule has 0 unspecified atom stereocenters. The maximum absolute atomic E-state index is 5.85. The van der Waals surface area contributed by atoms with Gasteiger partial charge in [0.15, 0.2) is 5.76 Å². The number of hydrogen-bond acceptors (Lipinski definition) is 5. The average Bonchev–Trinajstić information content (AvgIpc) is 3.28. The first-order valence-electron chi connectivity index (χ1n) is 8.19. The SMILES string of the molecule is c1ccc(-c2cc(CN3CCO[C@@H](Cn4cccn4)C3)on2)cc1. The topological polar surface area (TPSA) is 56.3 Å². The lowest BCUT2D eigenvalue weighted by Gasteiger charge is -2.32. The monoisotopic (exact) mass is 324 g/mol. The van der Waals surface area contributed by atoms with E-state index in [4.69, 9.17) is 9.26 Å². The average molecular weight is 324 g/mol. The normalized spacial score (nSPS) is 18.8. The Hall–Kier alpha value is -2.44. The predicted molar refractivity (Wildman–Crippen MR) is 89.2 cm³/mol. The number of nitrogens with zero attached hydrogens (tertiary/aromatic N) is 4. The number of morpholine rings is 1. The first-order valence-corrected chi connectivity index (χ1v) is 8.19. The Bertz CT molecular complexity index is 754. The summed E-state index contributed by atoms with van der Waals surface area (Å²) in [6.45, 7) is 4.01. The van der Waals surface area contributed by atoms with E-state index in [1.165, 1.54) is 0 Å². The molecule has 1 saturated heterocycles. The summed E-state index contributed by atoms with van der Waals surface area (Å²) in [6.07, 6.45) is 3.90. The van der Waals surface area contributed by atoms with Crippen LogP contribution in [0, 0.1) is 0 Å². The molecule has 124 valence electrons. The Balaban J connectivity index is 1.37. The molecule has 3 aromatic rings. The Morgan fingerprint density at radius 2 is 2.08 bits per heavy atom. The van der Waals surface area contributed by atoms with Gasteiger partial charge in [-0.05, 0) is 6.07 Å². The molecule has 6 heteroatoms. The van der Waals surface area contributed by atoms with Gasteiger partial charge in [-0.25, -0.2) is 0 Å². The van der Waals surface area contributed by atoms with Crippen molar-refractivity contribution in [3.8, 4) is 11.3 Å². The van der Waals surface area contributed by atoms with Gasteiger partial charge in [-0.3, -0.25) is 9.58 Å². The summed E-state index contributed by atoms with van der Waals surface area (Å²) in [4.78, 5) is 2.34. The minimum absolute atomic E-state index is 0.148. The fraction of sp³-hybridized carbons (Fsp3) is 0.333. The molecule has 0 saturated carbocycles. The van der Waals surface area contributed by atoms with Crippen molar-refractivity contribution >= 4 is 0 Å². The van der Waals surface area contributed by atoms with Crippen LogP contribution in [0.3, 0.4) is 0 Å². The molecule has 1 aliphatic heterocycles. The predicted octanol–water partition coefficient (Wildman–Crippen LogP) is 2.44. The van der Waals surface area contributed by atoms with E-state index in [2.05, 4.69) is 15.2 Å². The second-order valence-corrected chi connectivity index (χ2v) is 6.00. The third-order valence-corrected chi connectivity index (χ3v) is 4.18. The lowest BCUT2D eigenvalue weighted by molar-refractivity contribution is -0.0422. The third-order valence-electron chi connectivity index (χ3n) is 4.18. The zero-order chi connectivity index (χ0) is 16.2. The van der Waals surface area contributed by atoms with Crippen molar-refractivity contribution in [2.45, 2.75) is 19.2 Å². The second kappa shape index (κ2) is 6.98. The van der Waals surface area contributed by atoms with Gasteiger partial charge in [0, 0.05) is 37.1 Å². The minimum atomic E-state index is 0.148. The number of aromatic nitrogens is 3. The Morgan fingerprint density at radius 3 is 2.92 bits per heavy atom. The van der Waals surface area contributed by atoms with Crippen molar-refractivity contribution in [2.75, 3.05) is 19.7 Å². The van der Waals surface area contributed by atoms with Gasteiger partial charge in [0.05, 0.1) is 25.8 Å². The molecule has 2 aromatic heterocycles. The van der Waals surface area contributed by atoms with Crippen molar-refractivity contribution in [3.63, 3.8) is 0 Å². The van der Waals surface area contributed by atoms with Gasteiger partial charge >= 0.3 is 0 Å². The summed E-state index contributed by atoms with van der Waals surface area (Å²) >= 11 is 0. The lowest BCUT2D eigenvalue weighted by Crippen LogP contribution is -2.43. The minimum Gasteiger partial charge on any atom is -0.374 e. The molecular weight excluding hydrogens is 304 g/mol. The summed E-state index contributed by atoms with van der Waals surface area (Å²) in [5.74, 6) is 0.883. The molecule has 1 aliphatic rings. The molecule has 6 nitrogen and oxygen atoms in total. The summed E-state index contributed by atoms with van der Waals surface area (Å²) in [5, 5.41) is 8.43. The molecule has 4 rings (SSSR count). The summed E-state index contributed by atoms with van der Waals surface area (Å²) in [5.41, 5.74) is 1.96. The van der Waals surface area contributed by atoms with E-state index in [9.17, 15) is 0 Å². The van der Waals surface area contributed by atoms with E-state index in [1.54, 1.807) is 6.20 Å². The molecule has 0 N–H and O–H groups in total. The fourth-order valence-corrected chi connectivity index (χ4v) is 3.00. The molecule has 0 aliphatic carbocycles. The molecule has 0 spiro atoms. The van der Waals surface area contributed by atoms with Crippen LogP contribution in [0.5, 0.6) is 0 Å². The van der Waals surface area contributed by atoms with Gasteiger partial charge in [-0.2, -0.15) is 5.10 Å². The van der Waals surface area contributed by atoms with Crippen LogP contribution in [0.15, 0.2) is 59.4 Å². The Labute approximate surface area is 140 Å². The van der Waals surface area contributed by atoms with Crippen LogP contribution in [-0.4, -0.2) is 45.6 Å². The first kappa shape index (κ1) is 15.1. The molecule has 1 fully saturated rings. The lowest BCUT2D eigenvalue weighted by atomic mass is 10.1. The fourth-order valence-electron chi connectivity index (χ4n) is 3.00. The number of ether oxygens (including phenoxy) is 1. The van der Waals surface area contributed by atoms with Crippen LogP contribution in [0.1, 0.15) is 5.76 Å². The van der Waals surface area contributed by atoms with Crippen LogP contribution in [0.2, 0.25) is 0 Å². The zero-order valence-corrected chi connectivity index (χ0v) is 13.4. The summed E-state index contributed by atoms with van der Waals surface area (Å²) in [6, 6.07) is 14.0. The number of rotatable bonds is 5. The van der Waals surface area contributed by atoms with Crippen molar-refractivity contribution < 1.29 is 9.26 Å². The van der Waals surface area contributed by atoms with Crippen molar-refractivity contribution in [1.29, 1.82) is 0 Å². The highest BCUT2D eigenvalue weighted by molar-refractivity contribution is 5.58. The van der Waals surface area contributed by atoms with E-state index in [-0.39, 0.29) is 6.10 Å². The molecule has 0 bridgehead atoms. The van der Waals surface area contributed by atoms with Gasteiger partial charge < -0.3 is 9.26 Å². The van der Waals surface area contributed by atoms with Crippen LogP contribution < -0.4 is 0 Å². The van der Waals surface area contributed by atoms with E-state index < -0.39 is 0 Å². The second-order valence-electron chi connectivity index (χ2n) is 6.00. The molecule has 3 heterocycles. The van der Waals surface area contributed by atoms with Crippen LogP contribution in [-0.2, 0) is 17.8 Å². The molecule has 1 atom stereocenters. The van der Waals surface area contributed by atoms with E-state index in [0.29, 0.717) is 0 Å². The van der Waals surface area contributed by atoms with Gasteiger partial charge in [-0.15, -0.1) is 0 Å². The molecule has 1 aromatic carbocycles. The quantitative estimate of drug-likeness (QED) is 0.721. The molecule has 0 radical (unpaired) electrons. The van der Waals surface area contributed by atoms with E-state index >= 15 is 0 Å². The van der Waals surface area contributed by atoms with Crippen molar-refractivity contribution in [3.05, 3.63) is 60.6 Å². The van der Waals surface area contributed by atoms with Crippen LogP contribution in [0.4, 0.5) is 0 Å². The standard InChI is InChI=1S/C18H20N4O2/c1-2-5-15(6-3-1)18-11-16(24-20-18)12-21-9-10-23-17(13-21)14-22-8-4-7-19-22/h1-8,11,17H,9-10,12-14H2/t17-/m1/s1. The molecule has 0 amide bonds. The van der Waals surface area contributed by atoms with Crippen LogP contribution >= 0.6 is 0 Å². The molecule has 24 heavy (non-hydrogen) atoms.